The van der Waals surface area contributed by atoms with Crippen LogP contribution in [0.4, 0.5) is 11.4 Å². The molecule has 0 bridgehead atoms. The van der Waals surface area contributed by atoms with E-state index >= 15 is 0 Å². The maximum absolute atomic E-state index is 13.2. The second-order valence-electron chi connectivity index (χ2n) is 6.24. The van der Waals surface area contributed by atoms with Crippen LogP contribution in [0.2, 0.25) is 0 Å². The van der Waals surface area contributed by atoms with Crippen molar-refractivity contribution in [1.82, 2.24) is 9.97 Å². The lowest BCUT2D eigenvalue weighted by Crippen LogP contribution is -2.38. The van der Waals surface area contributed by atoms with Gasteiger partial charge in [-0.05, 0) is 30.3 Å². The summed E-state index contributed by atoms with van der Waals surface area (Å²) < 4.78 is 5.42. The zero-order chi connectivity index (χ0) is 17.9. The van der Waals surface area contributed by atoms with Crippen LogP contribution in [0.25, 0.3) is 10.9 Å². The van der Waals surface area contributed by atoms with E-state index in [1.54, 1.807) is 36.6 Å². The second kappa shape index (κ2) is 7.09. The van der Waals surface area contributed by atoms with Crippen LogP contribution in [0.5, 0.6) is 0 Å². The van der Waals surface area contributed by atoms with E-state index < -0.39 is 0 Å². The van der Waals surface area contributed by atoms with Crippen LogP contribution >= 0.6 is 0 Å². The summed E-state index contributed by atoms with van der Waals surface area (Å²) in [5, 5.41) is 1.01. The van der Waals surface area contributed by atoms with Crippen molar-refractivity contribution in [2.45, 2.75) is 0 Å². The molecule has 3 aromatic rings. The van der Waals surface area contributed by atoms with Crippen molar-refractivity contribution in [2.24, 2.45) is 0 Å². The van der Waals surface area contributed by atoms with Crippen LogP contribution in [0, 0.1) is 0 Å². The SMILES string of the molecule is CN(C(=O)c1ccncc1N1CCOCC1)c1ccc2ncccc2c1. The highest BCUT2D eigenvalue weighted by molar-refractivity contribution is 6.09. The molecule has 1 aromatic carbocycles. The Bertz CT molecular complexity index is 938. The Morgan fingerprint density at radius 2 is 2.00 bits per heavy atom. The summed E-state index contributed by atoms with van der Waals surface area (Å²) in [6, 6.07) is 11.5. The molecule has 0 saturated carbocycles. The number of amides is 1. The predicted octanol–water partition coefficient (Wildman–Crippen LogP) is 2.74. The Labute approximate surface area is 152 Å². The van der Waals surface area contributed by atoms with Gasteiger partial charge in [0.15, 0.2) is 0 Å². The van der Waals surface area contributed by atoms with Crippen LogP contribution in [0.3, 0.4) is 0 Å². The van der Waals surface area contributed by atoms with E-state index in [0.717, 1.165) is 35.4 Å². The topological polar surface area (TPSA) is 58.6 Å². The fraction of sp³-hybridized carbons (Fsp3) is 0.250. The van der Waals surface area contributed by atoms with E-state index in [1.807, 2.05) is 30.3 Å². The van der Waals surface area contributed by atoms with Gasteiger partial charge in [-0.15, -0.1) is 0 Å². The van der Waals surface area contributed by atoms with Gasteiger partial charge in [-0.1, -0.05) is 6.07 Å². The lowest BCUT2D eigenvalue weighted by molar-refractivity contribution is 0.0991. The standard InChI is InChI=1S/C20H20N4O2/c1-23(16-4-5-18-15(13-16)3-2-7-22-18)20(25)17-6-8-21-14-19(17)24-9-11-26-12-10-24/h2-8,13-14H,9-12H2,1H3. The Kier molecular flexibility index (Phi) is 4.50. The molecule has 2 aromatic heterocycles. The number of aromatic nitrogens is 2. The Hall–Kier alpha value is -2.99. The summed E-state index contributed by atoms with van der Waals surface area (Å²) >= 11 is 0. The highest BCUT2D eigenvalue weighted by Gasteiger charge is 2.22. The third-order valence-electron chi connectivity index (χ3n) is 4.66. The van der Waals surface area contributed by atoms with E-state index in [4.69, 9.17) is 4.74 Å². The van der Waals surface area contributed by atoms with Crippen molar-refractivity contribution in [3.8, 4) is 0 Å². The van der Waals surface area contributed by atoms with Gasteiger partial charge >= 0.3 is 0 Å². The number of anilines is 2. The van der Waals surface area contributed by atoms with Crippen molar-refractivity contribution < 1.29 is 9.53 Å². The zero-order valence-electron chi connectivity index (χ0n) is 14.6. The maximum atomic E-state index is 13.2. The molecule has 26 heavy (non-hydrogen) atoms. The van der Waals surface area contributed by atoms with Crippen LogP contribution < -0.4 is 9.80 Å². The minimum atomic E-state index is -0.0582. The highest BCUT2D eigenvalue weighted by atomic mass is 16.5. The van der Waals surface area contributed by atoms with Gasteiger partial charge < -0.3 is 14.5 Å². The number of nitrogens with zero attached hydrogens (tertiary/aromatic N) is 4. The Morgan fingerprint density at radius 1 is 1.15 bits per heavy atom. The number of carbonyl (C=O) groups excluding carboxylic acids is 1. The minimum absolute atomic E-state index is 0.0582. The van der Waals surface area contributed by atoms with Crippen molar-refractivity contribution in [1.29, 1.82) is 0 Å². The predicted molar refractivity (Wildman–Crippen MR) is 102 cm³/mol. The Balaban J connectivity index is 1.66. The highest BCUT2D eigenvalue weighted by Crippen LogP contribution is 2.25. The minimum Gasteiger partial charge on any atom is -0.378 e. The first-order valence-corrected chi connectivity index (χ1v) is 8.63. The molecule has 0 unspecified atom stereocenters. The summed E-state index contributed by atoms with van der Waals surface area (Å²) in [6.07, 6.45) is 5.19. The van der Waals surface area contributed by atoms with Crippen LogP contribution in [0.15, 0.2) is 55.0 Å². The van der Waals surface area contributed by atoms with E-state index in [0.29, 0.717) is 18.8 Å². The van der Waals surface area contributed by atoms with Gasteiger partial charge in [0.1, 0.15) is 0 Å². The number of hydrogen-bond donors (Lipinski definition) is 0. The molecule has 0 aliphatic carbocycles. The van der Waals surface area contributed by atoms with E-state index in [1.165, 1.54) is 0 Å². The van der Waals surface area contributed by atoms with Gasteiger partial charge in [-0.25, -0.2) is 0 Å². The van der Waals surface area contributed by atoms with Gasteiger partial charge in [-0.3, -0.25) is 14.8 Å². The third-order valence-corrected chi connectivity index (χ3v) is 4.66. The normalized spacial score (nSPS) is 14.4. The van der Waals surface area contributed by atoms with E-state index in [2.05, 4.69) is 14.9 Å². The van der Waals surface area contributed by atoms with Gasteiger partial charge in [0.05, 0.1) is 36.2 Å². The average molecular weight is 348 g/mol. The second-order valence-corrected chi connectivity index (χ2v) is 6.24. The number of pyridine rings is 2. The molecule has 1 aliphatic rings. The number of fused-ring (bicyclic) bond motifs is 1. The fourth-order valence-corrected chi connectivity index (χ4v) is 3.19. The zero-order valence-corrected chi connectivity index (χ0v) is 14.6. The molecular weight excluding hydrogens is 328 g/mol. The molecule has 6 heteroatoms. The quantitative estimate of drug-likeness (QED) is 0.728. The monoisotopic (exact) mass is 348 g/mol. The van der Waals surface area contributed by atoms with Crippen molar-refractivity contribution >= 4 is 28.2 Å². The summed E-state index contributed by atoms with van der Waals surface area (Å²) in [7, 11) is 1.80. The molecule has 0 radical (unpaired) electrons. The molecule has 132 valence electrons. The van der Waals surface area contributed by atoms with E-state index in [-0.39, 0.29) is 5.91 Å². The molecule has 3 heterocycles. The number of rotatable bonds is 3. The molecule has 4 rings (SSSR count). The first-order valence-electron chi connectivity index (χ1n) is 8.63. The van der Waals surface area contributed by atoms with Gasteiger partial charge in [0.2, 0.25) is 0 Å². The Morgan fingerprint density at radius 3 is 2.85 bits per heavy atom. The first kappa shape index (κ1) is 16.5. The number of hydrogen-bond acceptors (Lipinski definition) is 5. The summed E-state index contributed by atoms with van der Waals surface area (Å²) in [4.78, 5) is 25.5. The van der Waals surface area contributed by atoms with Gasteiger partial charge in [0, 0.05) is 43.6 Å². The molecule has 0 atom stereocenters. The molecule has 1 saturated heterocycles. The van der Waals surface area contributed by atoms with Gasteiger partial charge in [-0.2, -0.15) is 0 Å². The lowest BCUT2D eigenvalue weighted by Gasteiger charge is -2.30. The lowest BCUT2D eigenvalue weighted by atomic mass is 10.1. The number of benzene rings is 1. The molecule has 6 nitrogen and oxygen atoms in total. The summed E-state index contributed by atoms with van der Waals surface area (Å²) in [5.74, 6) is -0.0582. The third kappa shape index (κ3) is 3.11. The van der Waals surface area contributed by atoms with Crippen LogP contribution in [-0.2, 0) is 4.74 Å². The summed E-state index contributed by atoms with van der Waals surface area (Å²) in [5.41, 5.74) is 3.25. The maximum Gasteiger partial charge on any atom is 0.260 e. The smallest absolute Gasteiger partial charge is 0.260 e. The van der Waals surface area contributed by atoms with Crippen LogP contribution in [0.1, 0.15) is 10.4 Å². The molecular formula is C20H20N4O2. The molecule has 0 N–H and O–H groups in total. The average Bonchev–Trinajstić information content (AvgIpc) is 2.73. The van der Waals surface area contributed by atoms with Crippen molar-refractivity contribution in [3.05, 3.63) is 60.6 Å². The number of ether oxygens (including phenoxy) is 1. The van der Waals surface area contributed by atoms with Crippen molar-refractivity contribution in [2.75, 3.05) is 43.2 Å². The largest absolute Gasteiger partial charge is 0.378 e. The molecule has 1 aliphatic heterocycles. The number of carbonyl (C=O) groups is 1. The summed E-state index contributed by atoms with van der Waals surface area (Å²) in [6.45, 7) is 2.85. The first-order chi connectivity index (χ1) is 12.7. The fourth-order valence-electron chi connectivity index (χ4n) is 3.19. The molecule has 1 fully saturated rings. The van der Waals surface area contributed by atoms with Crippen LogP contribution in [-0.4, -0.2) is 49.2 Å². The number of morpholine rings is 1. The van der Waals surface area contributed by atoms with Gasteiger partial charge in [0.25, 0.3) is 5.91 Å². The van der Waals surface area contributed by atoms with E-state index in [9.17, 15) is 4.79 Å². The van der Waals surface area contributed by atoms with Crippen molar-refractivity contribution in [3.63, 3.8) is 0 Å². The molecule has 1 amide bonds. The molecule has 0 spiro atoms.